The molecule has 1 fully saturated rings. The van der Waals surface area contributed by atoms with Gasteiger partial charge in [-0.05, 0) is 26.7 Å². The lowest BCUT2D eigenvalue weighted by Gasteiger charge is -2.53. The quantitative estimate of drug-likeness (QED) is 0.602. The molecule has 0 aromatic heterocycles. The van der Waals surface area contributed by atoms with E-state index in [9.17, 15) is 0 Å². The molecular formula is C10H18N2. The summed E-state index contributed by atoms with van der Waals surface area (Å²) in [5.41, 5.74) is 6.03. The van der Waals surface area contributed by atoms with Gasteiger partial charge in [-0.1, -0.05) is 6.92 Å². The maximum absolute atomic E-state index is 6.05. The van der Waals surface area contributed by atoms with Gasteiger partial charge in [-0.2, -0.15) is 0 Å². The standard InChI is InChI=1S/C10H18N2/c1-5-8(2)6-10(11)7-9(3,4)12-10/h1,8,12H,6-7,11H2,2-4H3. The molecule has 1 saturated heterocycles. The summed E-state index contributed by atoms with van der Waals surface area (Å²) in [5.74, 6) is 2.96. The zero-order chi connectivity index (χ0) is 9.41. The van der Waals surface area contributed by atoms with Gasteiger partial charge in [-0.25, -0.2) is 0 Å². The molecule has 1 aliphatic heterocycles. The first-order valence-electron chi connectivity index (χ1n) is 4.41. The van der Waals surface area contributed by atoms with E-state index in [1.807, 2.05) is 6.92 Å². The van der Waals surface area contributed by atoms with Gasteiger partial charge in [-0.3, -0.25) is 5.32 Å². The molecule has 0 aromatic rings. The van der Waals surface area contributed by atoms with Crippen molar-refractivity contribution in [3.8, 4) is 12.3 Å². The van der Waals surface area contributed by atoms with Crippen LogP contribution in [0.25, 0.3) is 0 Å². The summed E-state index contributed by atoms with van der Waals surface area (Å²) in [6.07, 6.45) is 7.17. The molecule has 1 rings (SSSR count). The molecule has 0 saturated carbocycles. The van der Waals surface area contributed by atoms with E-state index in [-0.39, 0.29) is 17.1 Å². The van der Waals surface area contributed by atoms with Crippen molar-refractivity contribution >= 4 is 0 Å². The van der Waals surface area contributed by atoms with E-state index in [1.54, 1.807) is 0 Å². The Morgan fingerprint density at radius 2 is 2.17 bits per heavy atom. The van der Waals surface area contributed by atoms with Crippen LogP contribution in [0.4, 0.5) is 0 Å². The summed E-state index contributed by atoms with van der Waals surface area (Å²) in [7, 11) is 0. The smallest absolute Gasteiger partial charge is 0.0695 e. The molecule has 3 N–H and O–H groups in total. The highest BCUT2D eigenvalue weighted by molar-refractivity contribution is 5.08. The van der Waals surface area contributed by atoms with Crippen molar-refractivity contribution in [1.29, 1.82) is 0 Å². The zero-order valence-corrected chi connectivity index (χ0v) is 8.15. The molecule has 0 spiro atoms. The molecule has 2 unspecified atom stereocenters. The van der Waals surface area contributed by atoms with Crippen molar-refractivity contribution < 1.29 is 0 Å². The minimum absolute atomic E-state index is 0.197. The maximum atomic E-state index is 6.05. The largest absolute Gasteiger partial charge is 0.313 e. The maximum Gasteiger partial charge on any atom is 0.0695 e. The molecule has 1 heterocycles. The summed E-state index contributed by atoms with van der Waals surface area (Å²) < 4.78 is 0. The number of nitrogens with two attached hydrogens (primary N) is 1. The third kappa shape index (κ3) is 2.00. The lowest BCUT2D eigenvalue weighted by atomic mass is 9.76. The first-order chi connectivity index (χ1) is 5.37. The molecule has 0 aromatic carbocycles. The minimum atomic E-state index is -0.213. The summed E-state index contributed by atoms with van der Waals surface area (Å²) in [5, 5.41) is 3.34. The average Bonchev–Trinajstić information content (AvgIpc) is 1.82. The van der Waals surface area contributed by atoms with Crippen LogP contribution in [0.15, 0.2) is 0 Å². The highest BCUT2D eigenvalue weighted by atomic mass is 15.2. The molecule has 0 amide bonds. The van der Waals surface area contributed by atoms with Crippen LogP contribution < -0.4 is 11.1 Å². The van der Waals surface area contributed by atoms with Crippen molar-refractivity contribution in [3.63, 3.8) is 0 Å². The third-order valence-corrected chi connectivity index (χ3v) is 2.30. The molecule has 2 nitrogen and oxygen atoms in total. The number of nitrogens with one attached hydrogen (secondary N) is 1. The molecular weight excluding hydrogens is 148 g/mol. The van der Waals surface area contributed by atoms with Crippen LogP contribution in [-0.4, -0.2) is 11.2 Å². The minimum Gasteiger partial charge on any atom is -0.313 e. The Hall–Kier alpha value is -0.520. The van der Waals surface area contributed by atoms with E-state index >= 15 is 0 Å². The van der Waals surface area contributed by atoms with Gasteiger partial charge in [0.1, 0.15) is 0 Å². The van der Waals surface area contributed by atoms with Gasteiger partial charge in [0.15, 0.2) is 0 Å². The fraction of sp³-hybridized carbons (Fsp3) is 0.800. The molecule has 0 bridgehead atoms. The first kappa shape index (κ1) is 9.57. The Kier molecular flexibility index (Phi) is 2.20. The number of rotatable bonds is 2. The van der Waals surface area contributed by atoms with Crippen molar-refractivity contribution in [1.82, 2.24) is 5.32 Å². The van der Waals surface area contributed by atoms with Gasteiger partial charge >= 0.3 is 0 Å². The summed E-state index contributed by atoms with van der Waals surface area (Å²) >= 11 is 0. The SMILES string of the molecule is C#CC(C)CC1(N)CC(C)(C)N1. The predicted molar refractivity (Wildman–Crippen MR) is 51.4 cm³/mol. The normalized spacial score (nSPS) is 34.9. The van der Waals surface area contributed by atoms with E-state index in [1.165, 1.54) is 0 Å². The van der Waals surface area contributed by atoms with E-state index in [0.717, 1.165) is 12.8 Å². The van der Waals surface area contributed by atoms with E-state index < -0.39 is 0 Å². The average molecular weight is 166 g/mol. The van der Waals surface area contributed by atoms with Crippen molar-refractivity contribution in [2.75, 3.05) is 0 Å². The Bertz CT molecular complexity index is 204. The zero-order valence-electron chi connectivity index (χ0n) is 8.15. The molecule has 0 aliphatic carbocycles. The van der Waals surface area contributed by atoms with Crippen LogP contribution >= 0.6 is 0 Å². The lowest BCUT2D eigenvalue weighted by Crippen LogP contribution is -2.74. The van der Waals surface area contributed by atoms with Crippen molar-refractivity contribution in [3.05, 3.63) is 0 Å². The van der Waals surface area contributed by atoms with E-state index in [2.05, 4.69) is 25.1 Å². The van der Waals surface area contributed by atoms with Crippen LogP contribution in [0.1, 0.15) is 33.6 Å². The lowest BCUT2D eigenvalue weighted by molar-refractivity contribution is 0.0599. The number of hydrogen-bond acceptors (Lipinski definition) is 2. The van der Waals surface area contributed by atoms with Gasteiger partial charge in [0.2, 0.25) is 0 Å². The topological polar surface area (TPSA) is 38.0 Å². The Morgan fingerprint density at radius 1 is 1.67 bits per heavy atom. The van der Waals surface area contributed by atoms with Gasteiger partial charge in [0.05, 0.1) is 5.66 Å². The molecule has 12 heavy (non-hydrogen) atoms. The van der Waals surface area contributed by atoms with Gasteiger partial charge in [-0.15, -0.1) is 12.3 Å². The van der Waals surface area contributed by atoms with Crippen molar-refractivity contribution in [2.45, 2.75) is 44.8 Å². The van der Waals surface area contributed by atoms with Crippen molar-refractivity contribution in [2.24, 2.45) is 11.7 Å². The second kappa shape index (κ2) is 2.76. The Labute approximate surface area is 74.9 Å². The molecule has 2 heteroatoms. The highest BCUT2D eigenvalue weighted by Crippen LogP contribution is 2.33. The van der Waals surface area contributed by atoms with E-state index in [4.69, 9.17) is 12.2 Å². The monoisotopic (exact) mass is 166 g/mol. The number of terminal acetylenes is 1. The van der Waals surface area contributed by atoms with Crippen LogP contribution in [0.2, 0.25) is 0 Å². The molecule has 1 aliphatic rings. The van der Waals surface area contributed by atoms with Crippen LogP contribution in [-0.2, 0) is 0 Å². The van der Waals surface area contributed by atoms with Crippen LogP contribution in [0, 0.1) is 18.3 Å². The second-order valence-corrected chi connectivity index (χ2v) is 4.61. The summed E-state index contributed by atoms with van der Waals surface area (Å²) in [6, 6.07) is 0. The van der Waals surface area contributed by atoms with Gasteiger partial charge in [0, 0.05) is 11.5 Å². The fourth-order valence-electron chi connectivity index (χ4n) is 2.17. The van der Waals surface area contributed by atoms with Crippen LogP contribution in [0.5, 0.6) is 0 Å². The summed E-state index contributed by atoms with van der Waals surface area (Å²) in [4.78, 5) is 0. The predicted octanol–water partition coefficient (Wildman–Crippen LogP) is 1.07. The highest BCUT2D eigenvalue weighted by Gasteiger charge is 2.45. The summed E-state index contributed by atoms with van der Waals surface area (Å²) in [6.45, 7) is 6.33. The van der Waals surface area contributed by atoms with Gasteiger partial charge < -0.3 is 5.73 Å². The Balaban J connectivity index is 2.41. The number of hydrogen-bond donors (Lipinski definition) is 2. The fourth-order valence-corrected chi connectivity index (χ4v) is 2.17. The second-order valence-electron chi connectivity index (χ2n) is 4.61. The van der Waals surface area contributed by atoms with Gasteiger partial charge in [0.25, 0.3) is 0 Å². The molecule has 0 radical (unpaired) electrons. The molecule has 2 atom stereocenters. The third-order valence-electron chi connectivity index (χ3n) is 2.30. The Morgan fingerprint density at radius 3 is 2.50 bits per heavy atom. The molecule has 68 valence electrons. The van der Waals surface area contributed by atoms with Crippen LogP contribution in [0.3, 0.4) is 0 Å². The first-order valence-corrected chi connectivity index (χ1v) is 4.41. The van der Waals surface area contributed by atoms with E-state index in [0.29, 0.717) is 0 Å².